The molecule has 0 spiro atoms. The van der Waals surface area contributed by atoms with Crippen LogP contribution < -0.4 is 5.73 Å². The zero-order valence-electron chi connectivity index (χ0n) is 11.3. The lowest BCUT2D eigenvalue weighted by molar-refractivity contribution is 0.0607. The van der Waals surface area contributed by atoms with Crippen molar-refractivity contribution in [2.75, 3.05) is 12.3 Å². The minimum Gasteiger partial charge on any atom is -0.399 e. The third-order valence-corrected chi connectivity index (χ3v) is 3.84. The maximum atomic E-state index is 12.6. The molecule has 98 valence electrons. The van der Waals surface area contributed by atoms with Crippen LogP contribution in [-0.4, -0.2) is 23.4 Å². The van der Waals surface area contributed by atoms with Gasteiger partial charge in [-0.3, -0.25) is 4.79 Å². The van der Waals surface area contributed by atoms with Crippen LogP contribution in [0.4, 0.5) is 5.69 Å². The quantitative estimate of drug-likeness (QED) is 0.815. The maximum absolute atomic E-state index is 12.6. The molecule has 0 bridgehead atoms. The van der Waals surface area contributed by atoms with Crippen molar-refractivity contribution in [3.05, 3.63) is 29.3 Å². The van der Waals surface area contributed by atoms with Crippen LogP contribution in [0.25, 0.3) is 0 Å². The normalized spacial score (nSPS) is 19.9. The third-order valence-electron chi connectivity index (χ3n) is 3.84. The molecule has 1 aliphatic heterocycles. The molecule has 1 unspecified atom stereocenters. The van der Waals surface area contributed by atoms with Crippen molar-refractivity contribution >= 4 is 11.6 Å². The lowest BCUT2D eigenvalue weighted by Crippen LogP contribution is -2.43. The first-order chi connectivity index (χ1) is 8.63. The molecule has 3 heteroatoms. The number of aryl methyl sites for hydroxylation is 1. The first-order valence-electron chi connectivity index (χ1n) is 6.80. The molecule has 1 saturated heterocycles. The number of hydrogen-bond acceptors (Lipinski definition) is 2. The summed E-state index contributed by atoms with van der Waals surface area (Å²) in [6, 6.07) is 5.95. The van der Waals surface area contributed by atoms with Gasteiger partial charge < -0.3 is 10.6 Å². The second-order valence-corrected chi connectivity index (χ2v) is 5.13. The molecule has 1 fully saturated rings. The van der Waals surface area contributed by atoms with E-state index in [0.29, 0.717) is 6.04 Å². The topological polar surface area (TPSA) is 46.3 Å². The molecule has 1 atom stereocenters. The van der Waals surface area contributed by atoms with E-state index >= 15 is 0 Å². The second kappa shape index (κ2) is 5.42. The van der Waals surface area contributed by atoms with Gasteiger partial charge >= 0.3 is 0 Å². The van der Waals surface area contributed by atoms with Gasteiger partial charge in [0, 0.05) is 23.8 Å². The van der Waals surface area contributed by atoms with Gasteiger partial charge in [0.1, 0.15) is 0 Å². The molecule has 1 aromatic rings. The molecule has 1 heterocycles. The fraction of sp³-hybridized carbons (Fsp3) is 0.533. The standard InChI is InChI=1S/C15H22N2O/c1-3-13-6-4-5-9-17(13)15(18)14-8-7-12(16)10-11(14)2/h7-8,10,13H,3-6,9,16H2,1-2H3. The van der Waals surface area contributed by atoms with Crippen molar-refractivity contribution in [1.82, 2.24) is 4.90 Å². The third kappa shape index (κ3) is 2.50. The van der Waals surface area contributed by atoms with E-state index in [-0.39, 0.29) is 5.91 Å². The van der Waals surface area contributed by atoms with Crippen LogP contribution in [0.2, 0.25) is 0 Å². The summed E-state index contributed by atoms with van der Waals surface area (Å²) in [5.74, 6) is 0.166. The highest BCUT2D eigenvalue weighted by Crippen LogP contribution is 2.23. The Kier molecular flexibility index (Phi) is 3.90. The van der Waals surface area contributed by atoms with E-state index < -0.39 is 0 Å². The smallest absolute Gasteiger partial charge is 0.254 e. The van der Waals surface area contributed by atoms with E-state index in [1.807, 2.05) is 30.0 Å². The summed E-state index contributed by atoms with van der Waals surface area (Å²) in [5, 5.41) is 0. The number of nitrogens with two attached hydrogens (primary N) is 1. The highest BCUT2D eigenvalue weighted by atomic mass is 16.2. The number of carbonyl (C=O) groups excluding carboxylic acids is 1. The molecular formula is C15H22N2O. The molecule has 0 saturated carbocycles. The van der Waals surface area contributed by atoms with Gasteiger partial charge in [-0.1, -0.05) is 6.92 Å². The van der Waals surface area contributed by atoms with Crippen molar-refractivity contribution in [1.29, 1.82) is 0 Å². The van der Waals surface area contributed by atoms with Crippen molar-refractivity contribution in [2.24, 2.45) is 0 Å². The molecule has 1 aliphatic rings. The summed E-state index contributed by atoms with van der Waals surface area (Å²) < 4.78 is 0. The number of nitrogens with zero attached hydrogens (tertiary/aromatic N) is 1. The van der Waals surface area contributed by atoms with E-state index in [2.05, 4.69) is 6.92 Å². The maximum Gasteiger partial charge on any atom is 0.254 e. The zero-order chi connectivity index (χ0) is 13.1. The van der Waals surface area contributed by atoms with Gasteiger partial charge in [-0.25, -0.2) is 0 Å². The number of carbonyl (C=O) groups is 1. The average molecular weight is 246 g/mol. The van der Waals surface area contributed by atoms with Gasteiger partial charge in [-0.2, -0.15) is 0 Å². The number of anilines is 1. The summed E-state index contributed by atoms with van der Waals surface area (Å²) in [7, 11) is 0. The van der Waals surface area contributed by atoms with Crippen LogP contribution in [0.15, 0.2) is 18.2 Å². The van der Waals surface area contributed by atoms with Crippen molar-refractivity contribution < 1.29 is 4.79 Å². The summed E-state index contributed by atoms with van der Waals surface area (Å²) in [6.45, 7) is 5.00. The predicted molar refractivity (Wildman–Crippen MR) is 74.6 cm³/mol. The zero-order valence-corrected chi connectivity index (χ0v) is 11.3. The van der Waals surface area contributed by atoms with Crippen LogP contribution in [0.1, 0.15) is 48.5 Å². The first kappa shape index (κ1) is 12.9. The predicted octanol–water partition coefficient (Wildman–Crippen LogP) is 2.98. The van der Waals surface area contributed by atoms with Crippen LogP contribution in [0.3, 0.4) is 0 Å². The van der Waals surface area contributed by atoms with Crippen LogP contribution in [0.5, 0.6) is 0 Å². The SMILES string of the molecule is CCC1CCCCN1C(=O)c1ccc(N)cc1C. The molecule has 3 nitrogen and oxygen atoms in total. The highest BCUT2D eigenvalue weighted by molar-refractivity contribution is 5.96. The summed E-state index contributed by atoms with van der Waals surface area (Å²) in [6.07, 6.45) is 4.54. The van der Waals surface area contributed by atoms with E-state index in [1.165, 1.54) is 6.42 Å². The summed E-state index contributed by atoms with van der Waals surface area (Å²) >= 11 is 0. The number of nitrogen functional groups attached to an aromatic ring is 1. The summed E-state index contributed by atoms with van der Waals surface area (Å²) in [4.78, 5) is 14.6. The van der Waals surface area contributed by atoms with Gasteiger partial charge in [0.15, 0.2) is 0 Å². The minimum atomic E-state index is 0.166. The molecule has 18 heavy (non-hydrogen) atoms. The number of piperidine rings is 1. The van der Waals surface area contributed by atoms with E-state index in [0.717, 1.165) is 42.6 Å². The Bertz CT molecular complexity index is 442. The molecule has 0 aromatic heterocycles. The Labute approximate surface area is 109 Å². The fourth-order valence-corrected chi connectivity index (χ4v) is 2.77. The van der Waals surface area contributed by atoms with Gasteiger partial charge in [-0.05, 0) is 56.4 Å². The number of benzene rings is 1. The largest absolute Gasteiger partial charge is 0.399 e. The first-order valence-corrected chi connectivity index (χ1v) is 6.80. The summed E-state index contributed by atoms with van der Waals surface area (Å²) in [5.41, 5.74) is 8.22. The van der Waals surface area contributed by atoms with E-state index in [9.17, 15) is 4.79 Å². The fourth-order valence-electron chi connectivity index (χ4n) is 2.77. The second-order valence-electron chi connectivity index (χ2n) is 5.13. The van der Waals surface area contributed by atoms with Crippen LogP contribution >= 0.6 is 0 Å². The Morgan fingerprint density at radius 3 is 2.89 bits per heavy atom. The molecule has 1 amide bonds. The lowest BCUT2D eigenvalue weighted by atomic mass is 9.97. The Morgan fingerprint density at radius 1 is 1.44 bits per heavy atom. The lowest BCUT2D eigenvalue weighted by Gasteiger charge is -2.35. The molecule has 0 radical (unpaired) electrons. The van der Waals surface area contributed by atoms with Crippen molar-refractivity contribution in [3.8, 4) is 0 Å². The highest BCUT2D eigenvalue weighted by Gasteiger charge is 2.26. The average Bonchev–Trinajstić information content (AvgIpc) is 2.38. The minimum absolute atomic E-state index is 0.166. The van der Waals surface area contributed by atoms with Crippen molar-refractivity contribution in [2.45, 2.75) is 45.6 Å². The van der Waals surface area contributed by atoms with Gasteiger partial charge in [-0.15, -0.1) is 0 Å². The molecule has 1 aromatic carbocycles. The number of hydrogen-bond donors (Lipinski definition) is 1. The monoisotopic (exact) mass is 246 g/mol. The van der Waals surface area contributed by atoms with E-state index in [1.54, 1.807) is 0 Å². The van der Waals surface area contributed by atoms with Gasteiger partial charge in [0.25, 0.3) is 5.91 Å². The number of amides is 1. The van der Waals surface area contributed by atoms with E-state index in [4.69, 9.17) is 5.73 Å². The Hall–Kier alpha value is -1.51. The Morgan fingerprint density at radius 2 is 2.22 bits per heavy atom. The molecule has 0 aliphatic carbocycles. The van der Waals surface area contributed by atoms with Gasteiger partial charge in [0.2, 0.25) is 0 Å². The Balaban J connectivity index is 2.24. The molecule has 2 N–H and O–H groups in total. The van der Waals surface area contributed by atoms with Gasteiger partial charge in [0.05, 0.1) is 0 Å². The number of rotatable bonds is 2. The van der Waals surface area contributed by atoms with Crippen LogP contribution in [-0.2, 0) is 0 Å². The molecular weight excluding hydrogens is 224 g/mol. The number of likely N-dealkylation sites (tertiary alicyclic amines) is 1. The van der Waals surface area contributed by atoms with Crippen LogP contribution in [0, 0.1) is 6.92 Å². The van der Waals surface area contributed by atoms with Crippen molar-refractivity contribution in [3.63, 3.8) is 0 Å². The molecule has 2 rings (SSSR count).